The molecule has 17 heavy (non-hydrogen) atoms. The van der Waals surface area contributed by atoms with Crippen molar-refractivity contribution in [2.24, 2.45) is 0 Å². The van der Waals surface area contributed by atoms with E-state index in [-0.39, 0.29) is 5.41 Å². The van der Waals surface area contributed by atoms with Crippen LogP contribution < -0.4 is 0 Å². The molecule has 0 fully saturated rings. The summed E-state index contributed by atoms with van der Waals surface area (Å²) in [5, 5.41) is 8.10. The summed E-state index contributed by atoms with van der Waals surface area (Å²) in [4.78, 5) is 4.00. The predicted octanol–water partition coefficient (Wildman–Crippen LogP) is 4.18. The SMILES string of the molecule is CC1(c2ccncc2Cl)C=CC=CC1.N=C=S. The molecule has 1 atom stereocenters. The number of rotatable bonds is 1. The molecule has 1 aliphatic rings. The van der Waals surface area contributed by atoms with Crippen LogP contribution >= 0.6 is 23.8 Å². The van der Waals surface area contributed by atoms with Crippen LogP contribution in [0.3, 0.4) is 0 Å². The van der Waals surface area contributed by atoms with E-state index in [4.69, 9.17) is 17.0 Å². The molecule has 0 saturated carbocycles. The molecule has 0 bridgehead atoms. The number of nitrogens with one attached hydrogen (secondary N) is 1. The fraction of sp³-hybridized carbons (Fsp3) is 0.231. The minimum atomic E-state index is 0.0226. The third-order valence-corrected chi connectivity index (χ3v) is 2.94. The molecule has 1 unspecified atom stereocenters. The molecule has 2 rings (SSSR count). The van der Waals surface area contributed by atoms with Crippen molar-refractivity contribution in [3.05, 3.63) is 53.4 Å². The molecule has 0 amide bonds. The third kappa shape index (κ3) is 3.60. The van der Waals surface area contributed by atoms with Crippen molar-refractivity contribution in [2.75, 3.05) is 0 Å². The smallest absolute Gasteiger partial charge is 0.0630 e. The number of allylic oxidation sites excluding steroid dienone is 4. The Morgan fingerprint density at radius 3 is 2.76 bits per heavy atom. The summed E-state index contributed by atoms with van der Waals surface area (Å²) >= 11 is 9.94. The fourth-order valence-corrected chi connectivity index (χ4v) is 2.10. The van der Waals surface area contributed by atoms with Gasteiger partial charge in [-0.25, -0.2) is 5.41 Å². The highest BCUT2D eigenvalue weighted by molar-refractivity contribution is 7.78. The first kappa shape index (κ1) is 13.8. The van der Waals surface area contributed by atoms with Gasteiger partial charge >= 0.3 is 0 Å². The maximum absolute atomic E-state index is 6.13. The number of thiocarbonyl (C=S) groups is 1. The average Bonchev–Trinajstić information content (AvgIpc) is 2.31. The highest BCUT2D eigenvalue weighted by Gasteiger charge is 2.25. The van der Waals surface area contributed by atoms with E-state index in [2.05, 4.69) is 48.4 Å². The molecule has 1 N–H and O–H groups in total. The number of pyridine rings is 1. The normalized spacial score (nSPS) is 21.3. The van der Waals surface area contributed by atoms with Crippen LogP contribution in [0.2, 0.25) is 5.02 Å². The first-order chi connectivity index (χ1) is 8.14. The van der Waals surface area contributed by atoms with E-state index >= 15 is 0 Å². The van der Waals surface area contributed by atoms with Crippen LogP contribution in [0.5, 0.6) is 0 Å². The molecule has 0 radical (unpaired) electrons. The third-order valence-electron chi connectivity index (χ3n) is 2.64. The number of isothiocyanates is 1. The summed E-state index contributed by atoms with van der Waals surface area (Å²) in [5.74, 6) is 0. The van der Waals surface area contributed by atoms with Crippen molar-refractivity contribution >= 4 is 29.0 Å². The lowest BCUT2D eigenvalue weighted by Crippen LogP contribution is -2.19. The summed E-state index contributed by atoms with van der Waals surface area (Å²) in [5.41, 5.74) is 1.17. The van der Waals surface area contributed by atoms with Crippen LogP contribution in [0.4, 0.5) is 0 Å². The summed E-state index contributed by atoms with van der Waals surface area (Å²) in [6, 6.07) is 1.99. The second kappa shape index (κ2) is 6.45. The zero-order valence-electron chi connectivity index (χ0n) is 9.48. The van der Waals surface area contributed by atoms with Crippen LogP contribution in [0, 0.1) is 5.41 Å². The van der Waals surface area contributed by atoms with E-state index in [0.29, 0.717) is 0 Å². The molecule has 4 heteroatoms. The first-order valence-corrected chi connectivity index (χ1v) is 5.91. The number of hydrogen-bond donors (Lipinski definition) is 1. The highest BCUT2D eigenvalue weighted by Crippen LogP contribution is 2.35. The topological polar surface area (TPSA) is 36.7 Å². The first-order valence-electron chi connectivity index (χ1n) is 5.12. The highest BCUT2D eigenvalue weighted by atomic mass is 35.5. The zero-order chi connectivity index (χ0) is 12.7. The molecule has 88 valence electrons. The van der Waals surface area contributed by atoms with E-state index in [1.807, 2.05) is 6.07 Å². The Labute approximate surface area is 112 Å². The van der Waals surface area contributed by atoms with Crippen LogP contribution in [-0.4, -0.2) is 10.1 Å². The molecule has 1 aromatic heterocycles. The largest absolute Gasteiger partial charge is 0.263 e. The zero-order valence-corrected chi connectivity index (χ0v) is 11.1. The van der Waals surface area contributed by atoms with Gasteiger partial charge in [-0.05, 0) is 30.3 Å². The van der Waals surface area contributed by atoms with Gasteiger partial charge in [-0.1, -0.05) is 42.8 Å². The monoisotopic (exact) mass is 264 g/mol. The lowest BCUT2D eigenvalue weighted by molar-refractivity contribution is 0.599. The van der Waals surface area contributed by atoms with Gasteiger partial charge in [0.1, 0.15) is 0 Å². The molecule has 0 spiro atoms. The Morgan fingerprint density at radius 1 is 1.53 bits per heavy atom. The van der Waals surface area contributed by atoms with Crippen LogP contribution in [-0.2, 0) is 5.41 Å². The lowest BCUT2D eigenvalue weighted by atomic mass is 9.78. The number of aromatic nitrogens is 1. The van der Waals surface area contributed by atoms with Crippen LogP contribution in [0.25, 0.3) is 0 Å². The van der Waals surface area contributed by atoms with Crippen molar-refractivity contribution in [3.63, 3.8) is 0 Å². The minimum absolute atomic E-state index is 0.0226. The van der Waals surface area contributed by atoms with E-state index in [9.17, 15) is 0 Å². The van der Waals surface area contributed by atoms with Gasteiger partial charge in [0.2, 0.25) is 0 Å². The van der Waals surface area contributed by atoms with Gasteiger partial charge in [0.15, 0.2) is 0 Å². The van der Waals surface area contributed by atoms with E-state index in [1.54, 1.807) is 17.6 Å². The van der Waals surface area contributed by atoms with Crippen molar-refractivity contribution < 1.29 is 0 Å². The van der Waals surface area contributed by atoms with Crippen molar-refractivity contribution in [3.8, 4) is 0 Å². The minimum Gasteiger partial charge on any atom is -0.263 e. The number of hydrogen-bond acceptors (Lipinski definition) is 3. The molecule has 0 saturated heterocycles. The van der Waals surface area contributed by atoms with Crippen LogP contribution in [0.15, 0.2) is 42.8 Å². The Hall–Kier alpha value is -1.28. The summed E-state index contributed by atoms with van der Waals surface area (Å²) < 4.78 is 0. The quantitative estimate of drug-likeness (QED) is 0.610. The molecule has 2 nitrogen and oxygen atoms in total. The average molecular weight is 265 g/mol. The fourth-order valence-electron chi connectivity index (χ4n) is 1.77. The molecule has 0 aliphatic heterocycles. The van der Waals surface area contributed by atoms with Gasteiger partial charge in [0.25, 0.3) is 0 Å². The van der Waals surface area contributed by atoms with Gasteiger partial charge in [0, 0.05) is 17.8 Å². The number of nitrogens with zero attached hydrogens (tertiary/aromatic N) is 1. The molecular weight excluding hydrogens is 252 g/mol. The van der Waals surface area contributed by atoms with Crippen molar-refractivity contribution in [2.45, 2.75) is 18.8 Å². The van der Waals surface area contributed by atoms with Gasteiger partial charge in [-0.2, -0.15) is 0 Å². The van der Waals surface area contributed by atoms with E-state index in [0.717, 1.165) is 17.0 Å². The molecule has 0 aromatic carbocycles. The van der Waals surface area contributed by atoms with Gasteiger partial charge in [-0.3, -0.25) is 4.98 Å². The number of halogens is 1. The van der Waals surface area contributed by atoms with Gasteiger partial charge < -0.3 is 0 Å². The van der Waals surface area contributed by atoms with Gasteiger partial charge in [-0.15, -0.1) is 0 Å². The molecule has 1 aliphatic carbocycles. The Kier molecular flexibility index (Phi) is 5.23. The van der Waals surface area contributed by atoms with Crippen molar-refractivity contribution in [1.82, 2.24) is 4.98 Å². The molecular formula is C13H13ClN2S. The maximum Gasteiger partial charge on any atom is 0.0630 e. The summed E-state index contributed by atoms with van der Waals surface area (Å²) in [7, 11) is 0. The summed E-state index contributed by atoms with van der Waals surface area (Å²) in [6.07, 6.45) is 13.0. The summed E-state index contributed by atoms with van der Waals surface area (Å²) in [6.45, 7) is 2.19. The van der Waals surface area contributed by atoms with Crippen molar-refractivity contribution in [1.29, 1.82) is 5.41 Å². The Balaban J connectivity index is 0.000000437. The second-order valence-electron chi connectivity index (χ2n) is 3.87. The Bertz CT molecular complexity index is 476. The molecule has 1 aromatic rings. The van der Waals surface area contributed by atoms with E-state index in [1.165, 1.54) is 0 Å². The Morgan fingerprint density at radius 2 is 2.24 bits per heavy atom. The van der Waals surface area contributed by atoms with Gasteiger partial charge in [0.05, 0.1) is 10.2 Å². The second-order valence-corrected chi connectivity index (χ2v) is 4.48. The lowest BCUT2D eigenvalue weighted by Gasteiger charge is -2.27. The van der Waals surface area contributed by atoms with E-state index < -0.39 is 0 Å². The maximum atomic E-state index is 6.13. The van der Waals surface area contributed by atoms with Crippen LogP contribution in [0.1, 0.15) is 18.9 Å². The standard InChI is InChI=1S/C12H12ClN.CHNS/c1-12(6-3-2-4-7-12)10-5-8-14-9-11(10)13;2-1-3/h2-6,8-9H,7H2,1H3;2H. The predicted molar refractivity (Wildman–Crippen MR) is 74.8 cm³/mol. The molecule has 1 heterocycles.